The van der Waals surface area contributed by atoms with E-state index in [-0.39, 0.29) is 0 Å². The van der Waals surface area contributed by atoms with Crippen LogP contribution in [0.25, 0.3) is 33.0 Å². The van der Waals surface area contributed by atoms with Crippen LogP contribution < -0.4 is 0 Å². The molecular formula is C28H20O2S. The Labute approximate surface area is 182 Å². The van der Waals surface area contributed by atoms with Crippen LogP contribution in [0.3, 0.4) is 0 Å². The molecule has 0 fully saturated rings. The van der Waals surface area contributed by atoms with E-state index in [1.54, 1.807) is 0 Å². The number of sulfone groups is 1. The average molecular weight is 421 g/mol. The third-order valence-electron chi connectivity index (χ3n) is 6.38. The summed E-state index contributed by atoms with van der Waals surface area (Å²) in [6.07, 6.45) is 7.43. The van der Waals surface area contributed by atoms with Gasteiger partial charge in [0.2, 0.25) is 0 Å². The molecule has 3 heteroatoms. The molecule has 2 bridgehead atoms. The SMILES string of the molecule is O=S1(=O)[C@H]2C=CC=C[C@H]1c1c2c(-c2ccccc2)c2ccccc2c1-c1ccccc1. The highest BCUT2D eigenvalue weighted by Crippen LogP contribution is 2.57. The second kappa shape index (κ2) is 6.79. The van der Waals surface area contributed by atoms with E-state index in [0.717, 1.165) is 44.2 Å². The van der Waals surface area contributed by atoms with Crippen molar-refractivity contribution in [3.8, 4) is 22.3 Å². The van der Waals surface area contributed by atoms with Crippen molar-refractivity contribution in [3.63, 3.8) is 0 Å². The van der Waals surface area contributed by atoms with E-state index in [0.29, 0.717) is 0 Å². The highest BCUT2D eigenvalue weighted by atomic mass is 32.2. The lowest BCUT2D eigenvalue weighted by molar-refractivity contribution is 0.590. The van der Waals surface area contributed by atoms with Gasteiger partial charge in [-0.05, 0) is 44.2 Å². The van der Waals surface area contributed by atoms with Gasteiger partial charge in [-0.25, -0.2) is 8.42 Å². The first-order valence-electron chi connectivity index (χ1n) is 10.4. The molecule has 150 valence electrons. The van der Waals surface area contributed by atoms with Crippen LogP contribution in [0.1, 0.15) is 21.6 Å². The van der Waals surface area contributed by atoms with Crippen LogP contribution >= 0.6 is 0 Å². The van der Waals surface area contributed by atoms with E-state index < -0.39 is 20.3 Å². The Morgan fingerprint density at radius 2 is 0.903 bits per heavy atom. The molecule has 4 aromatic rings. The van der Waals surface area contributed by atoms with Gasteiger partial charge in [-0.3, -0.25) is 0 Å². The van der Waals surface area contributed by atoms with Crippen molar-refractivity contribution in [2.45, 2.75) is 10.5 Å². The molecule has 6 rings (SSSR count). The quantitative estimate of drug-likeness (QED) is 0.357. The maximum atomic E-state index is 13.7. The van der Waals surface area contributed by atoms with Crippen molar-refractivity contribution in [3.05, 3.63) is 120 Å². The zero-order valence-corrected chi connectivity index (χ0v) is 17.6. The first-order chi connectivity index (χ1) is 15.2. The van der Waals surface area contributed by atoms with Crippen LogP contribution in [0.5, 0.6) is 0 Å². The topological polar surface area (TPSA) is 34.1 Å². The molecule has 0 radical (unpaired) electrons. The summed E-state index contributed by atoms with van der Waals surface area (Å²) in [5.41, 5.74) is 6.01. The highest BCUT2D eigenvalue weighted by Gasteiger charge is 2.47. The van der Waals surface area contributed by atoms with Gasteiger partial charge in [-0.2, -0.15) is 0 Å². The molecule has 2 atom stereocenters. The summed E-state index contributed by atoms with van der Waals surface area (Å²) in [6.45, 7) is 0. The number of hydrogen-bond acceptors (Lipinski definition) is 2. The summed E-state index contributed by atoms with van der Waals surface area (Å²) in [7, 11) is -3.44. The van der Waals surface area contributed by atoms with Gasteiger partial charge in [0, 0.05) is 0 Å². The summed E-state index contributed by atoms with van der Waals surface area (Å²) < 4.78 is 27.4. The predicted molar refractivity (Wildman–Crippen MR) is 128 cm³/mol. The second-order valence-electron chi connectivity index (χ2n) is 8.06. The van der Waals surface area contributed by atoms with Gasteiger partial charge in [0.05, 0.1) is 0 Å². The molecule has 4 aromatic carbocycles. The van der Waals surface area contributed by atoms with Gasteiger partial charge < -0.3 is 0 Å². The zero-order chi connectivity index (χ0) is 21.0. The molecule has 31 heavy (non-hydrogen) atoms. The highest BCUT2D eigenvalue weighted by molar-refractivity contribution is 7.92. The Morgan fingerprint density at radius 3 is 1.32 bits per heavy atom. The van der Waals surface area contributed by atoms with E-state index >= 15 is 0 Å². The number of hydrogen-bond donors (Lipinski definition) is 0. The van der Waals surface area contributed by atoms with Gasteiger partial charge in [-0.1, -0.05) is 109 Å². The average Bonchev–Trinajstić information content (AvgIpc) is 2.90. The lowest BCUT2D eigenvalue weighted by Crippen LogP contribution is -2.08. The van der Waals surface area contributed by atoms with Gasteiger partial charge in [-0.15, -0.1) is 0 Å². The number of benzene rings is 4. The lowest BCUT2D eigenvalue weighted by atomic mass is 9.81. The third kappa shape index (κ3) is 2.60. The number of allylic oxidation sites excluding steroid dienone is 2. The minimum Gasteiger partial charge on any atom is -0.227 e. The molecule has 0 aliphatic carbocycles. The molecule has 0 N–H and O–H groups in total. The maximum absolute atomic E-state index is 13.7. The Hall–Kier alpha value is -3.43. The van der Waals surface area contributed by atoms with Crippen LogP contribution in [-0.2, 0) is 9.84 Å². The van der Waals surface area contributed by atoms with Crippen LogP contribution in [0.15, 0.2) is 109 Å². The number of fused-ring (bicyclic) bond motifs is 6. The molecule has 0 aromatic heterocycles. The normalized spacial score (nSPS) is 20.5. The molecular weight excluding hydrogens is 400 g/mol. The minimum absolute atomic E-state index is 0.648. The van der Waals surface area contributed by atoms with Crippen LogP contribution in [0, 0.1) is 0 Å². The molecule has 0 unspecified atom stereocenters. The summed E-state index contributed by atoms with van der Waals surface area (Å²) in [5.74, 6) is 0. The Kier molecular flexibility index (Phi) is 4.02. The van der Waals surface area contributed by atoms with Crippen molar-refractivity contribution < 1.29 is 8.42 Å². The van der Waals surface area contributed by atoms with Crippen LogP contribution in [-0.4, -0.2) is 8.42 Å². The summed E-state index contributed by atoms with van der Waals surface area (Å²) in [5, 5.41) is 0.879. The van der Waals surface area contributed by atoms with E-state index in [1.807, 2.05) is 72.8 Å². The number of rotatable bonds is 2. The van der Waals surface area contributed by atoms with E-state index in [4.69, 9.17) is 0 Å². The fourth-order valence-corrected chi connectivity index (χ4v) is 7.21. The molecule has 0 saturated heterocycles. The smallest absolute Gasteiger partial charge is 0.171 e. The first-order valence-corrected chi connectivity index (χ1v) is 12.1. The summed E-state index contributed by atoms with van der Waals surface area (Å²) in [6, 6.07) is 28.6. The van der Waals surface area contributed by atoms with Gasteiger partial charge in [0.15, 0.2) is 9.84 Å². The Balaban J connectivity index is 1.88. The largest absolute Gasteiger partial charge is 0.227 e. The first kappa shape index (κ1) is 18.3. The molecule has 0 spiro atoms. The van der Waals surface area contributed by atoms with Crippen molar-refractivity contribution in [2.75, 3.05) is 0 Å². The van der Waals surface area contributed by atoms with E-state index in [2.05, 4.69) is 36.4 Å². The van der Waals surface area contributed by atoms with Crippen LogP contribution in [0.4, 0.5) is 0 Å². The summed E-state index contributed by atoms with van der Waals surface area (Å²) in [4.78, 5) is 0. The summed E-state index contributed by atoms with van der Waals surface area (Å²) >= 11 is 0. The fraction of sp³-hybridized carbons (Fsp3) is 0.0714. The Morgan fingerprint density at radius 1 is 0.516 bits per heavy atom. The zero-order valence-electron chi connectivity index (χ0n) is 16.8. The second-order valence-corrected chi connectivity index (χ2v) is 10.2. The molecule has 0 saturated carbocycles. The molecule has 2 aliphatic rings. The Bertz CT molecular complexity index is 1370. The molecule has 0 amide bonds. The minimum atomic E-state index is -3.44. The van der Waals surface area contributed by atoms with Gasteiger partial charge >= 0.3 is 0 Å². The van der Waals surface area contributed by atoms with Crippen molar-refractivity contribution in [1.82, 2.24) is 0 Å². The van der Waals surface area contributed by atoms with Crippen molar-refractivity contribution in [1.29, 1.82) is 0 Å². The monoisotopic (exact) mass is 420 g/mol. The van der Waals surface area contributed by atoms with E-state index in [1.165, 1.54) is 0 Å². The van der Waals surface area contributed by atoms with E-state index in [9.17, 15) is 8.42 Å². The molecule has 2 nitrogen and oxygen atoms in total. The van der Waals surface area contributed by atoms with Gasteiger partial charge in [0.25, 0.3) is 0 Å². The van der Waals surface area contributed by atoms with Crippen molar-refractivity contribution in [2.24, 2.45) is 0 Å². The molecule has 2 aliphatic heterocycles. The third-order valence-corrected chi connectivity index (χ3v) is 8.58. The predicted octanol–water partition coefficient (Wildman–Crippen LogP) is 6.81. The van der Waals surface area contributed by atoms with Gasteiger partial charge in [0.1, 0.15) is 10.5 Å². The standard InChI is InChI=1S/C28H20O2S/c29-31(30)23-17-9-10-18-24(31)28-26(20-13-5-2-6-14-20)22-16-8-7-15-21(22)25(27(23)28)19-11-3-1-4-12-19/h1-18,23-24H/t23-,24-/m0/s1. The van der Waals surface area contributed by atoms with Crippen molar-refractivity contribution >= 4 is 20.6 Å². The maximum Gasteiger partial charge on any atom is 0.171 e. The lowest BCUT2D eigenvalue weighted by Gasteiger charge is -2.21. The molecule has 2 heterocycles. The fourth-order valence-electron chi connectivity index (χ4n) is 5.13. The van der Waals surface area contributed by atoms with Crippen LogP contribution in [0.2, 0.25) is 0 Å².